The first-order valence-corrected chi connectivity index (χ1v) is 5.30. The quantitative estimate of drug-likeness (QED) is 0.791. The van der Waals surface area contributed by atoms with Gasteiger partial charge in [-0.1, -0.05) is 0 Å². The average Bonchev–Trinajstić information content (AvgIpc) is 2.34. The van der Waals surface area contributed by atoms with Gasteiger partial charge in [-0.05, 0) is 13.8 Å². The van der Waals surface area contributed by atoms with Crippen LogP contribution in [-0.4, -0.2) is 35.2 Å². The molecule has 0 saturated heterocycles. The van der Waals surface area contributed by atoms with Gasteiger partial charge in [0.15, 0.2) is 0 Å². The maximum absolute atomic E-state index is 8.80. The van der Waals surface area contributed by atoms with E-state index in [0.717, 1.165) is 0 Å². The summed E-state index contributed by atoms with van der Waals surface area (Å²) in [5.41, 5.74) is 5.56. The molecule has 0 spiro atoms. The van der Waals surface area contributed by atoms with Crippen molar-refractivity contribution in [1.82, 2.24) is 15.0 Å². The Hall–Kier alpha value is -2.10. The van der Waals surface area contributed by atoms with E-state index >= 15 is 0 Å². The second-order valence-corrected chi connectivity index (χ2v) is 3.55. The smallest absolute Gasteiger partial charge is 0.322 e. The SMILES string of the molecule is CCN(CC(C)C#N)c1nc(N)nc(OC)n1. The van der Waals surface area contributed by atoms with Crippen LogP contribution in [0.3, 0.4) is 0 Å². The predicted molar refractivity (Wildman–Crippen MR) is 63.5 cm³/mol. The number of aromatic nitrogens is 3. The van der Waals surface area contributed by atoms with Crippen LogP contribution < -0.4 is 15.4 Å². The molecule has 1 atom stereocenters. The molecule has 0 fully saturated rings. The average molecular weight is 236 g/mol. The van der Waals surface area contributed by atoms with E-state index in [1.54, 1.807) is 0 Å². The van der Waals surface area contributed by atoms with E-state index < -0.39 is 0 Å². The lowest BCUT2D eigenvalue weighted by Crippen LogP contribution is -2.30. The molecule has 0 aromatic carbocycles. The standard InChI is InChI=1S/C10H16N6O/c1-4-16(6-7(2)5-11)9-13-8(12)14-10(15-9)17-3/h7H,4,6H2,1-3H3,(H2,12,13,14,15). The third-order valence-corrected chi connectivity index (χ3v) is 2.18. The Labute approximate surface area is 100 Å². The largest absolute Gasteiger partial charge is 0.467 e. The summed E-state index contributed by atoms with van der Waals surface area (Å²) >= 11 is 0. The van der Waals surface area contributed by atoms with Crippen LogP contribution in [0.25, 0.3) is 0 Å². The number of nitrogens with zero attached hydrogens (tertiary/aromatic N) is 5. The van der Waals surface area contributed by atoms with E-state index in [9.17, 15) is 0 Å². The Morgan fingerprint density at radius 1 is 1.47 bits per heavy atom. The Morgan fingerprint density at radius 2 is 2.18 bits per heavy atom. The Kier molecular flexibility index (Phi) is 4.46. The Bertz CT molecular complexity index is 416. The topological polar surface area (TPSA) is 101 Å². The molecule has 1 unspecified atom stereocenters. The number of nitrogens with two attached hydrogens (primary N) is 1. The van der Waals surface area contributed by atoms with E-state index in [1.807, 2.05) is 18.7 Å². The lowest BCUT2D eigenvalue weighted by molar-refractivity contribution is 0.378. The number of nitriles is 1. The number of ether oxygens (including phenoxy) is 1. The molecule has 7 nitrogen and oxygen atoms in total. The molecule has 17 heavy (non-hydrogen) atoms. The molecule has 0 aliphatic heterocycles. The van der Waals surface area contributed by atoms with Crippen LogP contribution in [-0.2, 0) is 0 Å². The number of hydrogen-bond donors (Lipinski definition) is 1. The van der Waals surface area contributed by atoms with Gasteiger partial charge in [-0.25, -0.2) is 0 Å². The predicted octanol–water partition coefficient (Wildman–Crippen LogP) is 0.448. The molecule has 1 rings (SSSR count). The van der Waals surface area contributed by atoms with Crippen molar-refractivity contribution in [1.29, 1.82) is 5.26 Å². The summed E-state index contributed by atoms with van der Waals surface area (Å²) in [6.45, 7) is 5.01. The molecule has 0 amide bonds. The fourth-order valence-electron chi connectivity index (χ4n) is 1.32. The van der Waals surface area contributed by atoms with E-state index in [4.69, 9.17) is 15.7 Å². The van der Waals surface area contributed by atoms with Crippen LogP contribution in [0.1, 0.15) is 13.8 Å². The summed E-state index contributed by atoms with van der Waals surface area (Å²) in [6, 6.07) is 2.34. The van der Waals surface area contributed by atoms with Crippen LogP contribution in [0.15, 0.2) is 0 Å². The van der Waals surface area contributed by atoms with Crippen molar-refractivity contribution in [2.24, 2.45) is 5.92 Å². The van der Waals surface area contributed by atoms with E-state index in [0.29, 0.717) is 19.0 Å². The summed E-state index contributed by atoms with van der Waals surface area (Å²) in [6.07, 6.45) is 0. The monoisotopic (exact) mass is 236 g/mol. The molecule has 0 aliphatic carbocycles. The lowest BCUT2D eigenvalue weighted by atomic mass is 10.2. The molecule has 0 bridgehead atoms. The van der Waals surface area contributed by atoms with Crippen molar-refractivity contribution in [3.63, 3.8) is 0 Å². The Morgan fingerprint density at radius 3 is 2.71 bits per heavy atom. The van der Waals surface area contributed by atoms with Gasteiger partial charge in [0, 0.05) is 13.1 Å². The van der Waals surface area contributed by atoms with Gasteiger partial charge >= 0.3 is 6.01 Å². The molecule has 0 saturated carbocycles. The van der Waals surface area contributed by atoms with E-state index in [-0.39, 0.29) is 17.9 Å². The summed E-state index contributed by atoms with van der Waals surface area (Å²) in [7, 11) is 1.47. The van der Waals surface area contributed by atoms with Gasteiger partial charge in [-0.15, -0.1) is 0 Å². The Balaban J connectivity index is 2.95. The minimum absolute atomic E-state index is 0.106. The van der Waals surface area contributed by atoms with Crippen LogP contribution in [0.2, 0.25) is 0 Å². The highest BCUT2D eigenvalue weighted by Gasteiger charge is 2.14. The fraction of sp³-hybridized carbons (Fsp3) is 0.600. The van der Waals surface area contributed by atoms with Crippen molar-refractivity contribution >= 4 is 11.9 Å². The van der Waals surface area contributed by atoms with Crippen LogP contribution in [0, 0.1) is 17.2 Å². The lowest BCUT2D eigenvalue weighted by Gasteiger charge is -2.21. The zero-order valence-electron chi connectivity index (χ0n) is 10.2. The van der Waals surface area contributed by atoms with Crippen molar-refractivity contribution in [3.8, 4) is 12.1 Å². The highest BCUT2D eigenvalue weighted by molar-refractivity contribution is 5.36. The maximum atomic E-state index is 8.80. The highest BCUT2D eigenvalue weighted by Crippen LogP contribution is 2.14. The third-order valence-electron chi connectivity index (χ3n) is 2.18. The third kappa shape index (κ3) is 3.45. The zero-order chi connectivity index (χ0) is 12.8. The van der Waals surface area contributed by atoms with Gasteiger partial charge in [0.25, 0.3) is 0 Å². The van der Waals surface area contributed by atoms with Gasteiger partial charge in [-0.2, -0.15) is 20.2 Å². The number of methoxy groups -OCH3 is 1. The number of rotatable bonds is 5. The summed E-state index contributed by atoms with van der Waals surface area (Å²) in [4.78, 5) is 13.8. The molecule has 1 aromatic heterocycles. The number of hydrogen-bond acceptors (Lipinski definition) is 7. The first-order valence-electron chi connectivity index (χ1n) is 5.30. The van der Waals surface area contributed by atoms with Crippen LogP contribution >= 0.6 is 0 Å². The molecule has 1 heterocycles. The summed E-state index contributed by atoms with van der Waals surface area (Å²) in [5.74, 6) is 0.424. The molecular weight excluding hydrogens is 220 g/mol. The molecule has 1 aromatic rings. The van der Waals surface area contributed by atoms with Gasteiger partial charge in [0.2, 0.25) is 11.9 Å². The molecule has 92 valence electrons. The minimum atomic E-state index is -0.112. The first kappa shape index (κ1) is 13.0. The summed E-state index contributed by atoms with van der Waals surface area (Å²) < 4.78 is 4.93. The second kappa shape index (κ2) is 5.84. The van der Waals surface area contributed by atoms with Crippen LogP contribution in [0.5, 0.6) is 6.01 Å². The van der Waals surface area contributed by atoms with Gasteiger partial charge in [0.05, 0.1) is 19.1 Å². The molecule has 2 N–H and O–H groups in total. The molecular formula is C10H16N6O. The van der Waals surface area contributed by atoms with Gasteiger partial charge in [-0.3, -0.25) is 0 Å². The highest BCUT2D eigenvalue weighted by atomic mass is 16.5. The number of nitrogen functional groups attached to an aromatic ring is 1. The van der Waals surface area contributed by atoms with Crippen molar-refractivity contribution in [2.75, 3.05) is 30.8 Å². The molecule has 7 heteroatoms. The van der Waals surface area contributed by atoms with Gasteiger partial charge < -0.3 is 15.4 Å². The zero-order valence-corrected chi connectivity index (χ0v) is 10.2. The number of anilines is 2. The maximum Gasteiger partial charge on any atom is 0.322 e. The summed E-state index contributed by atoms with van der Waals surface area (Å²) in [5, 5.41) is 8.80. The van der Waals surface area contributed by atoms with Crippen molar-refractivity contribution in [3.05, 3.63) is 0 Å². The molecule has 0 aliphatic rings. The van der Waals surface area contributed by atoms with E-state index in [1.165, 1.54) is 7.11 Å². The fourth-order valence-corrected chi connectivity index (χ4v) is 1.32. The molecule has 0 radical (unpaired) electrons. The minimum Gasteiger partial charge on any atom is -0.467 e. The second-order valence-electron chi connectivity index (χ2n) is 3.55. The van der Waals surface area contributed by atoms with Crippen LogP contribution in [0.4, 0.5) is 11.9 Å². The first-order chi connectivity index (χ1) is 8.10. The normalized spacial score (nSPS) is 11.6. The van der Waals surface area contributed by atoms with Crippen molar-refractivity contribution in [2.45, 2.75) is 13.8 Å². The van der Waals surface area contributed by atoms with Crippen molar-refractivity contribution < 1.29 is 4.74 Å². The van der Waals surface area contributed by atoms with E-state index in [2.05, 4.69) is 21.0 Å². The van der Waals surface area contributed by atoms with Gasteiger partial charge in [0.1, 0.15) is 0 Å².